The van der Waals surface area contributed by atoms with Gasteiger partial charge in [-0.05, 0) is 44.9 Å². The predicted octanol–water partition coefficient (Wildman–Crippen LogP) is 18.0. The molecule has 0 aliphatic carbocycles. The summed E-state index contributed by atoms with van der Waals surface area (Å²) in [6.45, 7) is 6.42. The topological polar surface area (TPSA) is 95.9 Å². The monoisotopic (exact) mass is 938 g/mol. The minimum absolute atomic E-state index is 0.0510. The van der Waals surface area contributed by atoms with Gasteiger partial charge in [0.2, 0.25) is 5.91 Å². The van der Waals surface area contributed by atoms with Crippen LogP contribution in [0.2, 0.25) is 0 Å². The van der Waals surface area contributed by atoms with Gasteiger partial charge in [-0.3, -0.25) is 9.59 Å². The van der Waals surface area contributed by atoms with Crippen LogP contribution in [0.5, 0.6) is 0 Å². The minimum atomic E-state index is -0.801. The number of hydrogen-bond acceptors (Lipinski definition) is 5. The quantitative estimate of drug-likeness (QED) is 0.0321. The molecule has 390 valence electrons. The molecule has 0 aliphatic heterocycles. The number of rotatable bonds is 52. The maximum Gasteiger partial charge on any atom is 0.306 e. The SMILES string of the molecule is CCC/C=C/C=C/C=C/C=C/C=C/CCCCCC(CC(=O)NC(CO)C(O)CCCCCCCCCCCCCCCCCCC)OC(=O)CCCCCCCCCCCCCCCCC. The largest absolute Gasteiger partial charge is 0.462 e. The third kappa shape index (κ3) is 49.8. The van der Waals surface area contributed by atoms with E-state index in [9.17, 15) is 19.8 Å². The zero-order valence-corrected chi connectivity index (χ0v) is 44.5. The number of aliphatic hydroxyl groups excluding tert-OH is 2. The number of allylic oxidation sites excluding steroid dienone is 10. The molecule has 0 radical (unpaired) electrons. The van der Waals surface area contributed by atoms with Crippen molar-refractivity contribution < 1.29 is 24.5 Å². The highest BCUT2D eigenvalue weighted by molar-refractivity contribution is 5.77. The molecular weight excluding hydrogens is 827 g/mol. The highest BCUT2D eigenvalue weighted by atomic mass is 16.5. The van der Waals surface area contributed by atoms with Crippen molar-refractivity contribution in [1.82, 2.24) is 5.32 Å². The van der Waals surface area contributed by atoms with Crippen LogP contribution in [-0.4, -0.2) is 46.9 Å². The molecule has 0 saturated heterocycles. The molecule has 0 aromatic rings. The van der Waals surface area contributed by atoms with Crippen molar-refractivity contribution in [2.45, 2.75) is 309 Å². The van der Waals surface area contributed by atoms with Crippen molar-refractivity contribution in [2.75, 3.05) is 6.61 Å². The molecule has 0 spiro atoms. The van der Waals surface area contributed by atoms with Crippen LogP contribution >= 0.6 is 0 Å². The van der Waals surface area contributed by atoms with E-state index < -0.39 is 18.2 Å². The summed E-state index contributed by atoms with van der Waals surface area (Å²) in [7, 11) is 0. The first-order valence-electron chi connectivity index (χ1n) is 29.1. The summed E-state index contributed by atoms with van der Waals surface area (Å²) in [4.78, 5) is 26.3. The van der Waals surface area contributed by atoms with Gasteiger partial charge < -0.3 is 20.3 Å². The van der Waals surface area contributed by atoms with Gasteiger partial charge in [-0.25, -0.2) is 0 Å². The van der Waals surface area contributed by atoms with E-state index in [4.69, 9.17) is 4.74 Å². The van der Waals surface area contributed by atoms with Crippen molar-refractivity contribution in [3.8, 4) is 0 Å². The number of aliphatic hydroxyl groups is 2. The number of esters is 1. The standard InChI is InChI=1S/C61H111NO5/c1-4-7-10-13-16-19-22-25-28-30-33-35-38-41-44-47-50-53-59(64)58(56-63)62-60(65)55-57(52-49-46-43-40-37-34-32-29-26-23-20-17-14-11-8-5-2)67-61(66)54-51-48-45-42-39-36-31-27-24-21-18-15-12-9-6-3/h11,14,17,20,23,26,29,32,34,37,57-59,63-64H,4-10,12-13,15-16,18-19,21-22,24-25,27-28,30-31,33,35-36,38-56H2,1-3H3,(H,62,65)/b14-11+,20-17+,26-23+,32-29+,37-34+. The van der Waals surface area contributed by atoms with E-state index in [1.54, 1.807) is 0 Å². The van der Waals surface area contributed by atoms with E-state index in [0.717, 1.165) is 70.6 Å². The van der Waals surface area contributed by atoms with Gasteiger partial charge in [0, 0.05) is 6.42 Å². The Bertz CT molecular complexity index is 1190. The van der Waals surface area contributed by atoms with E-state index in [2.05, 4.69) is 56.5 Å². The van der Waals surface area contributed by atoms with E-state index in [0.29, 0.717) is 19.3 Å². The zero-order valence-electron chi connectivity index (χ0n) is 44.5. The smallest absolute Gasteiger partial charge is 0.306 e. The summed E-state index contributed by atoms with van der Waals surface area (Å²) in [5.41, 5.74) is 0. The van der Waals surface area contributed by atoms with Gasteiger partial charge in [-0.1, -0.05) is 293 Å². The van der Waals surface area contributed by atoms with Gasteiger partial charge in [0.05, 0.1) is 25.2 Å². The van der Waals surface area contributed by atoms with Crippen molar-refractivity contribution in [1.29, 1.82) is 0 Å². The third-order valence-corrected chi connectivity index (χ3v) is 13.2. The molecule has 3 N–H and O–H groups in total. The second-order valence-corrected chi connectivity index (χ2v) is 19.8. The van der Waals surface area contributed by atoms with E-state index in [-0.39, 0.29) is 24.9 Å². The highest BCUT2D eigenvalue weighted by Gasteiger charge is 2.24. The van der Waals surface area contributed by atoms with Gasteiger partial charge in [0.1, 0.15) is 6.10 Å². The summed E-state index contributed by atoms with van der Waals surface area (Å²) in [6.07, 6.45) is 68.5. The number of nitrogens with one attached hydrogen (secondary N) is 1. The molecule has 0 bridgehead atoms. The lowest BCUT2D eigenvalue weighted by Crippen LogP contribution is -2.46. The number of ether oxygens (including phenoxy) is 1. The molecule has 0 saturated carbocycles. The van der Waals surface area contributed by atoms with Crippen LogP contribution in [0.3, 0.4) is 0 Å². The van der Waals surface area contributed by atoms with Gasteiger partial charge >= 0.3 is 5.97 Å². The summed E-state index contributed by atoms with van der Waals surface area (Å²) < 4.78 is 5.94. The lowest BCUT2D eigenvalue weighted by Gasteiger charge is -2.24. The first kappa shape index (κ1) is 64.6. The fourth-order valence-electron chi connectivity index (χ4n) is 8.82. The fraction of sp³-hybridized carbons (Fsp3) is 0.803. The molecule has 0 aromatic carbocycles. The van der Waals surface area contributed by atoms with Crippen LogP contribution in [0, 0.1) is 0 Å². The average molecular weight is 939 g/mol. The summed E-state index contributed by atoms with van der Waals surface area (Å²) in [5, 5.41) is 23.9. The highest BCUT2D eigenvalue weighted by Crippen LogP contribution is 2.18. The van der Waals surface area contributed by atoms with E-state index in [1.807, 2.05) is 30.4 Å². The van der Waals surface area contributed by atoms with Crippen LogP contribution in [0.15, 0.2) is 60.8 Å². The summed E-state index contributed by atoms with van der Waals surface area (Å²) in [5.74, 6) is -0.505. The molecule has 0 heterocycles. The van der Waals surface area contributed by atoms with E-state index in [1.165, 1.54) is 173 Å². The zero-order chi connectivity index (χ0) is 48.8. The van der Waals surface area contributed by atoms with Crippen molar-refractivity contribution >= 4 is 11.9 Å². The van der Waals surface area contributed by atoms with Gasteiger partial charge in [0.25, 0.3) is 0 Å². The minimum Gasteiger partial charge on any atom is -0.462 e. The molecule has 0 fully saturated rings. The molecule has 0 rings (SSSR count). The Morgan fingerprint density at radius 3 is 1.21 bits per heavy atom. The van der Waals surface area contributed by atoms with Gasteiger partial charge in [0.15, 0.2) is 0 Å². The summed E-state index contributed by atoms with van der Waals surface area (Å²) >= 11 is 0. The Hall–Kier alpha value is -2.44. The van der Waals surface area contributed by atoms with Crippen LogP contribution in [0.4, 0.5) is 0 Å². The van der Waals surface area contributed by atoms with Crippen molar-refractivity contribution in [3.63, 3.8) is 0 Å². The lowest BCUT2D eigenvalue weighted by molar-refractivity contribution is -0.151. The van der Waals surface area contributed by atoms with Crippen molar-refractivity contribution in [3.05, 3.63) is 60.8 Å². The first-order valence-corrected chi connectivity index (χ1v) is 29.1. The van der Waals surface area contributed by atoms with Crippen LogP contribution in [0.25, 0.3) is 0 Å². The molecule has 3 atom stereocenters. The predicted molar refractivity (Wildman–Crippen MR) is 292 cm³/mol. The van der Waals surface area contributed by atoms with Gasteiger partial charge in [-0.15, -0.1) is 0 Å². The Kier molecular flexibility index (Phi) is 52.5. The molecule has 1 amide bonds. The average Bonchev–Trinajstić information content (AvgIpc) is 3.32. The molecule has 6 heteroatoms. The second-order valence-electron chi connectivity index (χ2n) is 19.8. The molecule has 0 aliphatic rings. The number of amides is 1. The molecular formula is C61H111NO5. The second kappa shape index (κ2) is 54.5. The van der Waals surface area contributed by atoms with Gasteiger partial charge in [-0.2, -0.15) is 0 Å². The number of unbranched alkanes of at least 4 members (excludes halogenated alkanes) is 34. The normalized spacial score (nSPS) is 13.6. The summed E-state index contributed by atoms with van der Waals surface area (Å²) in [6, 6.07) is -0.717. The van der Waals surface area contributed by atoms with Crippen LogP contribution in [0.1, 0.15) is 290 Å². The Morgan fingerprint density at radius 2 is 0.791 bits per heavy atom. The molecule has 3 unspecified atom stereocenters. The number of carbonyl (C=O) groups excluding carboxylic acids is 2. The first-order chi connectivity index (χ1) is 33.0. The number of carbonyl (C=O) groups is 2. The lowest BCUT2D eigenvalue weighted by atomic mass is 10.0. The Balaban J connectivity index is 4.60. The van der Waals surface area contributed by atoms with Crippen molar-refractivity contribution in [2.24, 2.45) is 0 Å². The molecule has 67 heavy (non-hydrogen) atoms. The Morgan fingerprint density at radius 1 is 0.433 bits per heavy atom. The Labute approximate surface area is 416 Å². The number of hydrogen-bond donors (Lipinski definition) is 3. The molecule has 0 aromatic heterocycles. The molecule has 6 nitrogen and oxygen atoms in total. The fourth-order valence-corrected chi connectivity index (χ4v) is 8.82. The van der Waals surface area contributed by atoms with E-state index >= 15 is 0 Å². The maximum absolute atomic E-state index is 13.3. The van der Waals surface area contributed by atoms with Crippen LogP contribution < -0.4 is 5.32 Å². The van der Waals surface area contributed by atoms with Crippen LogP contribution in [-0.2, 0) is 14.3 Å². The third-order valence-electron chi connectivity index (χ3n) is 13.2. The maximum atomic E-state index is 13.3.